The lowest BCUT2D eigenvalue weighted by molar-refractivity contribution is 0.350. The first-order valence-corrected chi connectivity index (χ1v) is 7.69. The van der Waals surface area contributed by atoms with E-state index in [4.69, 9.17) is 21.7 Å². The number of thiocarbonyl (C=S) groups is 1. The summed E-state index contributed by atoms with van der Waals surface area (Å²) in [5, 5.41) is 7.06. The first-order valence-electron chi connectivity index (χ1n) is 7.28. The lowest BCUT2D eigenvalue weighted by Gasteiger charge is -2.27. The topological polar surface area (TPSA) is 42.5 Å². The lowest BCUT2D eigenvalue weighted by atomic mass is 10.0. The maximum absolute atomic E-state index is 5.54. The summed E-state index contributed by atoms with van der Waals surface area (Å²) < 4.78 is 10.9. The van der Waals surface area contributed by atoms with Crippen molar-refractivity contribution in [3.8, 4) is 11.5 Å². The highest BCUT2D eigenvalue weighted by atomic mass is 32.1. The third-order valence-corrected chi connectivity index (χ3v) is 3.94. The molecule has 0 fully saturated rings. The Labute approximate surface area is 141 Å². The molecule has 2 aromatic carbocycles. The van der Waals surface area contributed by atoms with Crippen molar-refractivity contribution in [1.29, 1.82) is 0 Å². The standard InChI is InChI=1S/C18H18N2O2S/c1-21-16-10-6-9-13(17(16)22-2)15-11-14(19-18(23)20-15)12-7-4-3-5-8-12/h3-11,15H,1-2H3,(H2,19,20,23). The molecule has 0 saturated heterocycles. The van der Waals surface area contributed by atoms with Gasteiger partial charge in [-0.05, 0) is 29.9 Å². The van der Waals surface area contributed by atoms with Crippen LogP contribution in [0.3, 0.4) is 0 Å². The van der Waals surface area contributed by atoms with E-state index in [2.05, 4.69) is 16.7 Å². The SMILES string of the molecule is COc1cccc(C2C=C(c3ccccc3)NC(=S)N2)c1OC. The molecule has 0 amide bonds. The normalized spacial score (nSPS) is 16.9. The number of methoxy groups -OCH3 is 2. The zero-order valence-electron chi connectivity index (χ0n) is 13.0. The predicted molar refractivity (Wildman–Crippen MR) is 95.6 cm³/mol. The van der Waals surface area contributed by atoms with Crippen LogP contribution in [0.1, 0.15) is 17.2 Å². The van der Waals surface area contributed by atoms with Crippen LogP contribution >= 0.6 is 12.2 Å². The van der Waals surface area contributed by atoms with Crippen LogP contribution in [-0.2, 0) is 0 Å². The molecule has 1 atom stereocenters. The average molecular weight is 326 g/mol. The minimum absolute atomic E-state index is 0.0935. The number of nitrogens with one attached hydrogen (secondary N) is 2. The van der Waals surface area contributed by atoms with E-state index in [1.165, 1.54) is 0 Å². The number of ether oxygens (including phenoxy) is 2. The molecule has 0 aliphatic carbocycles. The summed E-state index contributed by atoms with van der Waals surface area (Å²) in [6, 6.07) is 15.8. The summed E-state index contributed by atoms with van der Waals surface area (Å²) in [5.41, 5.74) is 3.04. The van der Waals surface area contributed by atoms with E-state index in [0.29, 0.717) is 16.6 Å². The van der Waals surface area contributed by atoms with Gasteiger partial charge in [0.2, 0.25) is 0 Å². The van der Waals surface area contributed by atoms with Gasteiger partial charge in [0.1, 0.15) is 0 Å². The van der Waals surface area contributed by atoms with E-state index < -0.39 is 0 Å². The fraction of sp³-hybridized carbons (Fsp3) is 0.167. The second-order valence-corrected chi connectivity index (χ2v) is 5.51. The third-order valence-electron chi connectivity index (χ3n) is 3.72. The summed E-state index contributed by atoms with van der Waals surface area (Å²) in [4.78, 5) is 0. The molecule has 1 heterocycles. The van der Waals surface area contributed by atoms with Gasteiger partial charge in [0.25, 0.3) is 0 Å². The second kappa shape index (κ2) is 6.71. The van der Waals surface area contributed by atoms with Crippen molar-refractivity contribution < 1.29 is 9.47 Å². The van der Waals surface area contributed by atoms with Crippen molar-refractivity contribution in [2.24, 2.45) is 0 Å². The van der Waals surface area contributed by atoms with Crippen LogP contribution in [0, 0.1) is 0 Å². The van der Waals surface area contributed by atoms with Crippen molar-refractivity contribution >= 4 is 23.0 Å². The van der Waals surface area contributed by atoms with Crippen LogP contribution < -0.4 is 20.1 Å². The first kappa shape index (κ1) is 15.4. The molecule has 2 aromatic rings. The number of benzene rings is 2. The molecule has 0 bridgehead atoms. The molecule has 23 heavy (non-hydrogen) atoms. The van der Waals surface area contributed by atoms with Gasteiger partial charge in [0.15, 0.2) is 16.6 Å². The molecule has 4 nitrogen and oxygen atoms in total. The van der Waals surface area contributed by atoms with Crippen molar-refractivity contribution in [3.63, 3.8) is 0 Å². The Bertz CT molecular complexity index is 744. The van der Waals surface area contributed by atoms with Gasteiger partial charge in [-0.25, -0.2) is 0 Å². The van der Waals surface area contributed by atoms with Gasteiger partial charge >= 0.3 is 0 Å². The summed E-state index contributed by atoms with van der Waals surface area (Å²) in [6.45, 7) is 0. The lowest BCUT2D eigenvalue weighted by Crippen LogP contribution is -2.40. The molecule has 2 N–H and O–H groups in total. The molecule has 5 heteroatoms. The minimum Gasteiger partial charge on any atom is -0.493 e. The number of para-hydroxylation sites is 1. The number of hydrogen-bond acceptors (Lipinski definition) is 3. The molecule has 0 aromatic heterocycles. The Kier molecular flexibility index (Phi) is 4.48. The van der Waals surface area contributed by atoms with Gasteiger partial charge in [-0.3, -0.25) is 0 Å². The maximum Gasteiger partial charge on any atom is 0.171 e. The van der Waals surface area contributed by atoms with Gasteiger partial charge in [-0.15, -0.1) is 0 Å². The molecule has 118 valence electrons. The van der Waals surface area contributed by atoms with Crippen LogP contribution in [0.25, 0.3) is 5.70 Å². The van der Waals surface area contributed by atoms with Gasteiger partial charge < -0.3 is 20.1 Å². The molecule has 1 aliphatic heterocycles. The van der Waals surface area contributed by atoms with E-state index in [9.17, 15) is 0 Å². The van der Waals surface area contributed by atoms with Crippen LogP contribution in [0.4, 0.5) is 0 Å². The predicted octanol–water partition coefficient (Wildman–Crippen LogP) is 3.26. The highest BCUT2D eigenvalue weighted by molar-refractivity contribution is 7.80. The molecule has 1 unspecified atom stereocenters. The van der Waals surface area contributed by atoms with Gasteiger partial charge in [-0.1, -0.05) is 42.5 Å². The van der Waals surface area contributed by atoms with Gasteiger partial charge in [0.05, 0.1) is 20.3 Å². The molecular weight excluding hydrogens is 308 g/mol. The second-order valence-electron chi connectivity index (χ2n) is 5.11. The Balaban J connectivity index is 2.04. The third kappa shape index (κ3) is 3.14. The Morgan fingerprint density at radius 3 is 2.43 bits per heavy atom. The molecule has 0 spiro atoms. The summed E-state index contributed by atoms with van der Waals surface area (Å²) in [5.74, 6) is 1.41. The van der Waals surface area contributed by atoms with Crippen molar-refractivity contribution in [2.75, 3.05) is 14.2 Å². The monoisotopic (exact) mass is 326 g/mol. The minimum atomic E-state index is -0.0935. The molecule has 0 radical (unpaired) electrons. The van der Waals surface area contributed by atoms with Crippen molar-refractivity contribution in [3.05, 3.63) is 65.7 Å². The fourth-order valence-electron chi connectivity index (χ4n) is 2.66. The van der Waals surface area contributed by atoms with Gasteiger partial charge in [-0.2, -0.15) is 0 Å². The Morgan fingerprint density at radius 1 is 0.957 bits per heavy atom. The summed E-state index contributed by atoms with van der Waals surface area (Å²) in [7, 11) is 3.27. The maximum atomic E-state index is 5.54. The molecule has 0 saturated carbocycles. The highest BCUT2D eigenvalue weighted by Crippen LogP contribution is 2.36. The van der Waals surface area contributed by atoms with E-state index in [-0.39, 0.29) is 6.04 Å². The largest absolute Gasteiger partial charge is 0.493 e. The van der Waals surface area contributed by atoms with Crippen LogP contribution in [-0.4, -0.2) is 19.3 Å². The summed E-state index contributed by atoms with van der Waals surface area (Å²) >= 11 is 5.37. The Morgan fingerprint density at radius 2 is 1.74 bits per heavy atom. The fourth-order valence-corrected chi connectivity index (χ4v) is 2.90. The molecule has 1 aliphatic rings. The zero-order chi connectivity index (χ0) is 16.2. The summed E-state index contributed by atoms with van der Waals surface area (Å²) in [6.07, 6.45) is 2.10. The van der Waals surface area contributed by atoms with E-state index in [1.54, 1.807) is 14.2 Å². The Hall–Kier alpha value is -2.53. The average Bonchev–Trinajstić information content (AvgIpc) is 2.61. The van der Waals surface area contributed by atoms with E-state index in [0.717, 1.165) is 16.8 Å². The highest BCUT2D eigenvalue weighted by Gasteiger charge is 2.22. The first-order chi connectivity index (χ1) is 11.2. The smallest absolute Gasteiger partial charge is 0.171 e. The molecule has 3 rings (SSSR count). The van der Waals surface area contributed by atoms with Crippen LogP contribution in [0.2, 0.25) is 0 Å². The van der Waals surface area contributed by atoms with Crippen molar-refractivity contribution in [1.82, 2.24) is 10.6 Å². The van der Waals surface area contributed by atoms with E-state index >= 15 is 0 Å². The van der Waals surface area contributed by atoms with Crippen molar-refractivity contribution in [2.45, 2.75) is 6.04 Å². The zero-order valence-corrected chi connectivity index (χ0v) is 13.8. The van der Waals surface area contributed by atoms with E-state index in [1.807, 2.05) is 48.5 Å². The van der Waals surface area contributed by atoms with Crippen LogP contribution in [0.15, 0.2) is 54.6 Å². The number of rotatable bonds is 4. The number of hydrogen-bond donors (Lipinski definition) is 2. The van der Waals surface area contributed by atoms with Gasteiger partial charge in [0, 0.05) is 11.3 Å². The van der Waals surface area contributed by atoms with Crippen LogP contribution in [0.5, 0.6) is 11.5 Å². The molecular formula is C18H18N2O2S. The quantitative estimate of drug-likeness (QED) is 0.844.